The molecular weight excluding hydrogens is 302 g/mol. The Kier molecular flexibility index (Phi) is 5.72. The highest BCUT2D eigenvalue weighted by molar-refractivity contribution is 5.52. The monoisotopic (exact) mass is 327 g/mol. The lowest BCUT2D eigenvalue weighted by Gasteiger charge is -2.28. The predicted molar refractivity (Wildman–Crippen MR) is 94.8 cm³/mol. The molecule has 1 unspecified atom stereocenters. The Bertz CT molecular complexity index is 643. The molecule has 0 bridgehead atoms. The van der Waals surface area contributed by atoms with E-state index in [1.807, 2.05) is 31.2 Å². The van der Waals surface area contributed by atoms with E-state index in [-0.39, 0.29) is 0 Å². The quantitative estimate of drug-likeness (QED) is 0.846. The lowest BCUT2D eigenvalue weighted by atomic mass is 10.1. The number of pyridine rings is 1. The van der Waals surface area contributed by atoms with Crippen molar-refractivity contribution >= 4 is 5.82 Å². The van der Waals surface area contributed by atoms with Gasteiger partial charge in [-0.25, -0.2) is 9.97 Å². The molecule has 0 saturated carbocycles. The molecule has 2 aromatic rings. The molecule has 1 atom stereocenters. The fraction of sp³-hybridized carbons (Fsp3) is 0.500. The van der Waals surface area contributed by atoms with E-state index in [1.165, 1.54) is 19.3 Å². The van der Waals surface area contributed by atoms with Gasteiger partial charge in [-0.1, -0.05) is 12.5 Å². The topological polar surface area (TPSA) is 74.2 Å². The zero-order valence-electron chi connectivity index (χ0n) is 14.1. The number of nitrogens with zero attached hydrogens (tertiary/aromatic N) is 4. The van der Waals surface area contributed by atoms with Gasteiger partial charge in [-0.05, 0) is 45.0 Å². The standard InChI is InChI=1S/C18H25N5O/c1-14-11-17(22-18(21-14)16-7-3-4-8-19-16)20-12-15(24)13-23-9-5-2-6-10-23/h3-4,7-8,11,15,24H,2,5-6,9-10,12-13H2,1H3,(H,20,21,22). The number of aryl methyl sites for hydroxylation is 1. The van der Waals surface area contributed by atoms with Crippen LogP contribution < -0.4 is 5.32 Å². The van der Waals surface area contributed by atoms with Crippen LogP contribution >= 0.6 is 0 Å². The molecule has 1 saturated heterocycles. The maximum absolute atomic E-state index is 10.3. The minimum Gasteiger partial charge on any atom is -0.390 e. The molecule has 1 fully saturated rings. The molecule has 6 nitrogen and oxygen atoms in total. The van der Waals surface area contributed by atoms with Crippen LogP contribution in [0.15, 0.2) is 30.5 Å². The first-order valence-electron chi connectivity index (χ1n) is 8.62. The molecule has 6 heteroatoms. The Morgan fingerprint density at radius 1 is 1.21 bits per heavy atom. The second-order valence-electron chi connectivity index (χ2n) is 6.33. The Balaban J connectivity index is 1.59. The summed E-state index contributed by atoms with van der Waals surface area (Å²) in [5.41, 5.74) is 1.62. The van der Waals surface area contributed by atoms with Gasteiger partial charge in [-0.2, -0.15) is 0 Å². The van der Waals surface area contributed by atoms with Crippen LogP contribution in [0.3, 0.4) is 0 Å². The lowest BCUT2D eigenvalue weighted by molar-refractivity contribution is 0.109. The molecule has 0 spiro atoms. The van der Waals surface area contributed by atoms with Gasteiger partial charge in [-0.3, -0.25) is 4.98 Å². The molecule has 2 aromatic heterocycles. The first kappa shape index (κ1) is 16.8. The van der Waals surface area contributed by atoms with Gasteiger partial charge in [0.25, 0.3) is 0 Å². The molecule has 1 aliphatic heterocycles. The molecular formula is C18H25N5O. The first-order chi connectivity index (χ1) is 11.7. The molecule has 3 rings (SSSR count). The number of hydrogen-bond donors (Lipinski definition) is 2. The number of nitrogens with one attached hydrogen (secondary N) is 1. The van der Waals surface area contributed by atoms with E-state index >= 15 is 0 Å². The van der Waals surface area contributed by atoms with Crippen molar-refractivity contribution in [2.75, 3.05) is 31.5 Å². The third kappa shape index (κ3) is 4.72. The highest BCUT2D eigenvalue weighted by atomic mass is 16.3. The number of β-amino-alcohol motifs (C(OH)–C–C–N with tert-alkyl or cyclic N) is 1. The number of hydrogen-bond acceptors (Lipinski definition) is 6. The zero-order chi connectivity index (χ0) is 16.8. The van der Waals surface area contributed by atoms with Gasteiger partial charge in [0.05, 0.1) is 6.10 Å². The summed E-state index contributed by atoms with van der Waals surface area (Å²) in [6.07, 6.45) is 5.10. The SMILES string of the molecule is Cc1cc(NCC(O)CN2CCCCC2)nc(-c2ccccn2)n1. The van der Waals surface area contributed by atoms with E-state index in [0.29, 0.717) is 18.9 Å². The summed E-state index contributed by atoms with van der Waals surface area (Å²) in [7, 11) is 0. The maximum Gasteiger partial charge on any atom is 0.180 e. The van der Waals surface area contributed by atoms with Gasteiger partial charge in [0.2, 0.25) is 0 Å². The Labute approximate surface area is 143 Å². The number of rotatable bonds is 6. The summed E-state index contributed by atoms with van der Waals surface area (Å²) in [5, 5.41) is 13.5. The second kappa shape index (κ2) is 8.17. The molecule has 0 radical (unpaired) electrons. The molecule has 128 valence electrons. The van der Waals surface area contributed by atoms with Crippen molar-refractivity contribution in [1.82, 2.24) is 19.9 Å². The first-order valence-corrected chi connectivity index (χ1v) is 8.62. The van der Waals surface area contributed by atoms with Gasteiger partial charge in [0.1, 0.15) is 11.5 Å². The minimum absolute atomic E-state index is 0.406. The highest BCUT2D eigenvalue weighted by Crippen LogP contribution is 2.15. The average molecular weight is 327 g/mol. The van der Waals surface area contributed by atoms with E-state index in [2.05, 4.69) is 25.2 Å². The molecule has 1 aliphatic rings. The van der Waals surface area contributed by atoms with E-state index in [1.54, 1.807) is 6.20 Å². The van der Waals surface area contributed by atoms with Crippen LogP contribution in [0.1, 0.15) is 25.0 Å². The van der Waals surface area contributed by atoms with Crippen LogP contribution in [0.4, 0.5) is 5.82 Å². The largest absolute Gasteiger partial charge is 0.390 e. The van der Waals surface area contributed by atoms with Crippen LogP contribution in [0.25, 0.3) is 11.5 Å². The smallest absolute Gasteiger partial charge is 0.180 e. The van der Waals surface area contributed by atoms with Gasteiger partial charge >= 0.3 is 0 Å². The van der Waals surface area contributed by atoms with Crippen molar-refractivity contribution in [3.63, 3.8) is 0 Å². The lowest BCUT2D eigenvalue weighted by Crippen LogP contribution is -2.39. The van der Waals surface area contributed by atoms with Gasteiger partial charge in [0, 0.05) is 31.0 Å². The van der Waals surface area contributed by atoms with E-state index < -0.39 is 6.10 Å². The van der Waals surface area contributed by atoms with Crippen LogP contribution in [0.5, 0.6) is 0 Å². The normalized spacial score (nSPS) is 16.8. The Morgan fingerprint density at radius 2 is 2.04 bits per heavy atom. The molecule has 24 heavy (non-hydrogen) atoms. The molecule has 2 N–H and O–H groups in total. The fourth-order valence-corrected chi connectivity index (χ4v) is 3.00. The Morgan fingerprint density at radius 3 is 2.79 bits per heavy atom. The van der Waals surface area contributed by atoms with Crippen molar-refractivity contribution in [2.24, 2.45) is 0 Å². The molecule has 3 heterocycles. The molecule has 0 aliphatic carbocycles. The predicted octanol–water partition coefficient (Wildman–Crippen LogP) is 2.11. The number of aliphatic hydroxyl groups is 1. The average Bonchev–Trinajstić information content (AvgIpc) is 2.61. The number of anilines is 1. The number of piperidine rings is 1. The number of likely N-dealkylation sites (tertiary alicyclic amines) is 1. The molecule has 0 aromatic carbocycles. The van der Waals surface area contributed by atoms with Crippen molar-refractivity contribution in [3.05, 3.63) is 36.2 Å². The van der Waals surface area contributed by atoms with E-state index in [0.717, 1.165) is 30.3 Å². The summed E-state index contributed by atoms with van der Waals surface area (Å²) < 4.78 is 0. The van der Waals surface area contributed by atoms with Crippen LogP contribution in [0, 0.1) is 6.92 Å². The highest BCUT2D eigenvalue weighted by Gasteiger charge is 2.15. The summed E-state index contributed by atoms with van der Waals surface area (Å²) in [5.74, 6) is 1.32. The van der Waals surface area contributed by atoms with Gasteiger partial charge in [-0.15, -0.1) is 0 Å². The van der Waals surface area contributed by atoms with Gasteiger partial charge < -0.3 is 15.3 Å². The maximum atomic E-state index is 10.3. The van der Waals surface area contributed by atoms with Crippen molar-refractivity contribution < 1.29 is 5.11 Å². The fourth-order valence-electron chi connectivity index (χ4n) is 3.00. The van der Waals surface area contributed by atoms with Crippen molar-refractivity contribution in [1.29, 1.82) is 0 Å². The minimum atomic E-state index is -0.406. The summed E-state index contributed by atoms with van der Waals surface area (Å²) >= 11 is 0. The summed E-state index contributed by atoms with van der Waals surface area (Å²) in [4.78, 5) is 15.6. The van der Waals surface area contributed by atoms with E-state index in [9.17, 15) is 5.11 Å². The summed E-state index contributed by atoms with van der Waals surface area (Å²) in [6, 6.07) is 7.57. The van der Waals surface area contributed by atoms with E-state index in [4.69, 9.17) is 0 Å². The van der Waals surface area contributed by atoms with Gasteiger partial charge in [0.15, 0.2) is 5.82 Å². The number of aliphatic hydroxyl groups excluding tert-OH is 1. The van der Waals surface area contributed by atoms with Crippen LogP contribution in [-0.2, 0) is 0 Å². The van der Waals surface area contributed by atoms with Crippen LogP contribution in [-0.4, -0.2) is 57.2 Å². The van der Waals surface area contributed by atoms with Crippen LogP contribution in [0.2, 0.25) is 0 Å². The zero-order valence-corrected chi connectivity index (χ0v) is 14.1. The van der Waals surface area contributed by atoms with Crippen molar-refractivity contribution in [2.45, 2.75) is 32.3 Å². The number of aromatic nitrogens is 3. The molecule has 0 amide bonds. The second-order valence-corrected chi connectivity index (χ2v) is 6.33. The Hall–Kier alpha value is -2.05. The third-order valence-corrected chi connectivity index (χ3v) is 4.18. The third-order valence-electron chi connectivity index (χ3n) is 4.18. The summed E-state index contributed by atoms with van der Waals surface area (Å²) in [6.45, 7) is 5.31. The van der Waals surface area contributed by atoms with Crippen molar-refractivity contribution in [3.8, 4) is 11.5 Å².